The van der Waals surface area contributed by atoms with Crippen LogP contribution in [0.2, 0.25) is 0 Å². The monoisotopic (exact) mass is 576 g/mol. The fourth-order valence-electron chi connectivity index (χ4n) is 4.73. The van der Waals surface area contributed by atoms with Crippen LogP contribution >= 0.6 is 24.0 Å². The predicted molar refractivity (Wildman–Crippen MR) is 148 cm³/mol. The molecular formula is C27H37IN4O2. The smallest absolute Gasteiger partial charge is 0.253 e. The van der Waals surface area contributed by atoms with Crippen LogP contribution in [0.1, 0.15) is 60.0 Å². The van der Waals surface area contributed by atoms with E-state index in [-0.39, 0.29) is 29.9 Å². The van der Waals surface area contributed by atoms with Gasteiger partial charge in [-0.2, -0.15) is 0 Å². The van der Waals surface area contributed by atoms with E-state index >= 15 is 0 Å². The van der Waals surface area contributed by atoms with Crippen LogP contribution in [0.15, 0.2) is 53.5 Å². The minimum atomic E-state index is 0. The number of amides is 1. The standard InChI is InChI=1S/C27H36N4O2.HI/c1-3-28-27(31-18-15-24(20-31)22-11-13-25(33-2)14-12-22)29-19-21-7-9-23(10-8-21)26(32)30-16-5-4-6-17-30;/h7-14,24H,3-6,15-20H2,1-2H3,(H,28,29);1H. The van der Waals surface area contributed by atoms with Gasteiger partial charge in [-0.3, -0.25) is 4.79 Å². The van der Waals surface area contributed by atoms with Gasteiger partial charge in [0.05, 0.1) is 13.7 Å². The molecule has 34 heavy (non-hydrogen) atoms. The Balaban J connectivity index is 0.00000324. The molecule has 4 rings (SSSR count). The normalized spacial score (nSPS) is 18.4. The summed E-state index contributed by atoms with van der Waals surface area (Å²) in [6.45, 7) is 7.26. The molecule has 2 aliphatic rings. The average Bonchev–Trinajstić information content (AvgIpc) is 3.37. The number of hydrogen-bond acceptors (Lipinski definition) is 3. The lowest BCUT2D eigenvalue weighted by atomic mass is 9.98. The Kier molecular flexibility index (Phi) is 10.0. The molecule has 0 bridgehead atoms. The zero-order valence-corrected chi connectivity index (χ0v) is 22.7. The number of carbonyl (C=O) groups is 1. The zero-order chi connectivity index (χ0) is 23.0. The summed E-state index contributed by atoms with van der Waals surface area (Å²) in [7, 11) is 1.70. The van der Waals surface area contributed by atoms with Crippen molar-refractivity contribution in [2.45, 2.75) is 45.1 Å². The number of ether oxygens (including phenoxy) is 1. The molecule has 2 saturated heterocycles. The number of guanidine groups is 1. The summed E-state index contributed by atoms with van der Waals surface area (Å²) in [5.41, 5.74) is 3.24. The van der Waals surface area contributed by atoms with E-state index in [9.17, 15) is 4.79 Å². The van der Waals surface area contributed by atoms with Crippen molar-refractivity contribution >= 4 is 35.8 Å². The number of nitrogens with zero attached hydrogens (tertiary/aromatic N) is 3. The molecule has 0 aromatic heterocycles. The fourth-order valence-corrected chi connectivity index (χ4v) is 4.73. The molecule has 1 amide bonds. The number of halogens is 1. The largest absolute Gasteiger partial charge is 0.497 e. The van der Waals surface area contributed by atoms with E-state index in [1.54, 1.807) is 7.11 Å². The molecule has 0 aliphatic carbocycles. The highest BCUT2D eigenvalue weighted by Gasteiger charge is 2.26. The van der Waals surface area contributed by atoms with Crippen molar-refractivity contribution < 1.29 is 9.53 Å². The number of nitrogens with one attached hydrogen (secondary N) is 1. The van der Waals surface area contributed by atoms with E-state index in [2.05, 4.69) is 29.3 Å². The molecule has 1 atom stereocenters. The minimum Gasteiger partial charge on any atom is -0.497 e. The van der Waals surface area contributed by atoms with Gasteiger partial charge in [0, 0.05) is 44.2 Å². The zero-order valence-electron chi connectivity index (χ0n) is 20.3. The Morgan fingerprint density at radius 1 is 1.00 bits per heavy atom. The quantitative estimate of drug-likeness (QED) is 0.302. The maximum atomic E-state index is 12.7. The highest BCUT2D eigenvalue weighted by molar-refractivity contribution is 14.0. The van der Waals surface area contributed by atoms with Crippen LogP contribution in [0.3, 0.4) is 0 Å². The molecule has 184 valence electrons. The number of likely N-dealkylation sites (tertiary alicyclic amines) is 2. The molecular weight excluding hydrogens is 539 g/mol. The van der Waals surface area contributed by atoms with Gasteiger partial charge in [-0.25, -0.2) is 4.99 Å². The van der Waals surface area contributed by atoms with Crippen LogP contribution in [0.25, 0.3) is 0 Å². The van der Waals surface area contributed by atoms with Gasteiger partial charge in [0.15, 0.2) is 5.96 Å². The summed E-state index contributed by atoms with van der Waals surface area (Å²) < 4.78 is 5.29. The van der Waals surface area contributed by atoms with Crippen LogP contribution in [0, 0.1) is 0 Å². The third-order valence-corrected chi connectivity index (χ3v) is 6.67. The second-order valence-corrected chi connectivity index (χ2v) is 8.92. The number of rotatable bonds is 6. The molecule has 2 aromatic rings. The molecule has 2 heterocycles. The van der Waals surface area contributed by atoms with Gasteiger partial charge in [0.25, 0.3) is 5.91 Å². The molecule has 1 unspecified atom stereocenters. The van der Waals surface area contributed by atoms with Crippen molar-refractivity contribution in [1.82, 2.24) is 15.1 Å². The van der Waals surface area contributed by atoms with Gasteiger partial charge in [-0.1, -0.05) is 24.3 Å². The van der Waals surface area contributed by atoms with Crippen molar-refractivity contribution in [3.8, 4) is 5.75 Å². The lowest BCUT2D eigenvalue weighted by molar-refractivity contribution is 0.0724. The summed E-state index contributed by atoms with van der Waals surface area (Å²) in [6.07, 6.45) is 4.57. The maximum absolute atomic E-state index is 12.7. The van der Waals surface area contributed by atoms with Crippen LogP contribution in [-0.4, -0.2) is 61.5 Å². The van der Waals surface area contributed by atoms with E-state index < -0.39 is 0 Å². The Morgan fingerprint density at radius 3 is 2.35 bits per heavy atom. The third-order valence-electron chi connectivity index (χ3n) is 6.67. The van der Waals surface area contributed by atoms with Gasteiger partial charge >= 0.3 is 0 Å². The van der Waals surface area contributed by atoms with Crippen molar-refractivity contribution in [1.29, 1.82) is 0 Å². The first-order chi connectivity index (χ1) is 16.2. The average molecular weight is 577 g/mol. The number of hydrogen-bond donors (Lipinski definition) is 1. The molecule has 7 heteroatoms. The molecule has 2 fully saturated rings. The van der Waals surface area contributed by atoms with Crippen LogP contribution in [0.5, 0.6) is 5.75 Å². The highest BCUT2D eigenvalue weighted by Crippen LogP contribution is 2.28. The van der Waals surface area contributed by atoms with E-state index in [0.29, 0.717) is 12.5 Å². The third kappa shape index (κ3) is 6.64. The van der Waals surface area contributed by atoms with Crippen molar-refractivity contribution in [3.05, 3.63) is 65.2 Å². The van der Waals surface area contributed by atoms with Gasteiger partial charge in [0.2, 0.25) is 0 Å². The summed E-state index contributed by atoms with van der Waals surface area (Å²) in [6, 6.07) is 16.4. The van der Waals surface area contributed by atoms with Crippen LogP contribution in [-0.2, 0) is 6.54 Å². The Morgan fingerprint density at radius 2 is 1.71 bits per heavy atom. The minimum absolute atomic E-state index is 0. The SMILES string of the molecule is CCNC(=NCc1ccc(C(=O)N2CCCCC2)cc1)N1CCC(c2ccc(OC)cc2)C1.I. The maximum Gasteiger partial charge on any atom is 0.253 e. The number of carbonyl (C=O) groups excluding carboxylic acids is 1. The molecule has 1 N–H and O–H groups in total. The van der Waals surface area contributed by atoms with Crippen LogP contribution < -0.4 is 10.1 Å². The van der Waals surface area contributed by atoms with E-state index in [0.717, 1.165) is 74.8 Å². The fraction of sp³-hybridized carbons (Fsp3) is 0.481. The van der Waals surface area contributed by atoms with Gasteiger partial charge in [-0.05, 0) is 68.0 Å². The second-order valence-electron chi connectivity index (χ2n) is 8.92. The highest BCUT2D eigenvalue weighted by atomic mass is 127. The van der Waals surface area contributed by atoms with E-state index in [1.807, 2.05) is 41.3 Å². The lowest BCUT2D eigenvalue weighted by Crippen LogP contribution is -2.40. The molecule has 6 nitrogen and oxygen atoms in total. The van der Waals surface area contributed by atoms with Crippen molar-refractivity contribution in [2.24, 2.45) is 4.99 Å². The summed E-state index contributed by atoms with van der Waals surface area (Å²) >= 11 is 0. The number of methoxy groups -OCH3 is 1. The van der Waals surface area contributed by atoms with Gasteiger partial charge in [-0.15, -0.1) is 24.0 Å². The molecule has 0 radical (unpaired) electrons. The van der Waals surface area contributed by atoms with E-state index in [4.69, 9.17) is 9.73 Å². The first-order valence-electron chi connectivity index (χ1n) is 12.2. The first kappa shape index (κ1) is 26.3. The summed E-state index contributed by atoms with van der Waals surface area (Å²) in [5.74, 6) is 2.51. The first-order valence-corrected chi connectivity index (χ1v) is 12.2. The van der Waals surface area contributed by atoms with Gasteiger partial charge in [0.1, 0.15) is 5.75 Å². The predicted octanol–water partition coefficient (Wildman–Crippen LogP) is 4.89. The Hall–Kier alpha value is -2.29. The molecule has 2 aromatic carbocycles. The number of benzene rings is 2. The Bertz CT molecular complexity index is 940. The molecule has 0 saturated carbocycles. The number of aliphatic imine (C=N–C) groups is 1. The summed E-state index contributed by atoms with van der Waals surface area (Å²) in [4.78, 5) is 21.9. The van der Waals surface area contributed by atoms with Crippen LogP contribution in [0.4, 0.5) is 0 Å². The number of piperidine rings is 1. The lowest BCUT2D eigenvalue weighted by Gasteiger charge is -2.26. The Labute approximate surface area is 220 Å². The van der Waals surface area contributed by atoms with Gasteiger partial charge < -0.3 is 19.9 Å². The topological polar surface area (TPSA) is 57.2 Å². The van der Waals surface area contributed by atoms with Crippen molar-refractivity contribution in [3.63, 3.8) is 0 Å². The second kappa shape index (κ2) is 13.0. The van der Waals surface area contributed by atoms with E-state index in [1.165, 1.54) is 12.0 Å². The molecule has 0 spiro atoms. The van der Waals surface area contributed by atoms with Crippen molar-refractivity contribution in [2.75, 3.05) is 39.8 Å². The summed E-state index contributed by atoms with van der Waals surface area (Å²) in [5, 5.41) is 3.45. The molecule has 2 aliphatic heterocycles.